The molecule has 1 aromatic carbocycles. The van der Waals surface area contributed by atoms with Gasteiger partial charge in [0.15, 0.2) is 0 Å². The van der Waals surface area contributed by atoms with Crippen LogP contribution in [-0.4, -0.2) is 29.4 Å². The summed E-state index contributed by atoms with van der Waals surface area (Å²) in [6, 6.07) is 4.75. The molecule has 2 aromatic rings. The number of carbonyl (C=O) groups excluding carboxylic acids is 2. The Morgan fingerprint density at radius 3 is 2.76 bits per heavy atom. The number of rotatable bonds is 4. The molecule has 0 saturated carbocycles. The fraction of sp³-hybridized carbons (Fsp3) is 0.214. The number of hydrogen-bond acceptors (Lipinski definition) is 6. The van der Waals surface area contributed by atoms with E-state index in [1.54, 1.807) is 0 Å². The Morgan fingerprint density at radius 1 is 1.38 bits per heavy atom. The lowest BCUT2D eigenvalue weighted by atomic mass is 10.1. The summed E-state index contributed by atoms with van der Waals surface area (Å²) in [5.41, 5.74) is 4.65. The summed E-state index contributed by atoms with van der Waals surface area (Å²) in [5.74, 6) is -0.984. The van der Waals surface area contributed by atoms with Gasteiger partial charge in [0.2, 0.25) is 0 Å². The number of benzene rings is 1. The van der Waals surface area contributed by atoms with Crippen LogP contribution in [0.3, 0.4) is 0 Å². The Hall–Kier alpha value is -2.67. The van der Waals surface area contributed by atoms with Crippen LogP contribution in [0.15, 0.2) is 33.5 Å². The number of carbonyl (C=O) groups is 2. The molecule has 0 radical (unpaired) electrons. The van der Waals surface area contributed by atoms with Crippen LogP contribution in [0.4, 0.5) is 0 Å². The number of phenolic OH excluding ortho intramolecular Hbond substituents is 1. The maximum atomic E-state index is 11.9. The minimum atomic E-state index is -0.831. The second-order valence-corrected chi connectivity index (χ2v) is 4.60. The first-order valence-corrected chi connectivity index (χ1v) is 6.19. The molecule has 0 saturated heterocycles. The van der Waals surface area contributed by atoms with E-state index in [4.69, 9.17) is 10.2 Å². The van der Waals surface area contributed by atoms with E-state index in [0.717, 1.165) is 0 Å². The van der Waals surface area contributed by atoms with Gasteiger partial charge in [0, 0.05) is 18.0 Å². The molecular formula is C14H14N2O5. The van der Waals surface area contributed by atoms with Crippen molar-refractivity contribution >= 4 is 22.7 Å². The molecule has 7 nitrogen and oxygen atoms in total. The summed E-state index contributed by atoms with van der Waals surface area (Å²) < 4.78 is 4.97. The fourth-order valence-electron chi connectivity index (χ4n) is 1.70. The quantitative estimate of drug-likeness (QED) is 0.688. The molecular weight excluding hydrogens is 276 g/mol. The molecule has 2 rings (SSSR count). The zero-order valence-corrected chi connectivity index (χ0v) is 11.3. The lowest BCUT2D eigenvalue weighted by molar-refractivity contribution is -0.118. The van der Waals surface area contributed by atoms with E-state index in [2.05, 4.69) is 5.32 Å². The highest BCUT2D eigenvalue weighted by atomic mass is 16.4. The van der Waals surface area contributed by atoms with E-state index in [1.807, 2.05) is 0 Å². The molecule has 0 aliphatic heterocycles. The van der Waals surface area contributed by atoms with Crippen molar-refractivity contribution in [1.82, 2.24) is 5.32 Å². The van der Waals surface area contributed by atoms with E-state index < -0.39 is 17.6 Å². The van der Waals surface area contributed by atoms with Gasteiger partial charge in [-0.25, -0.2) is 4.79 Å². The summed E-state index contributed by atoms with van der Waals surface area (Å²) in [7, 11) is 0. The average Bonchev–Trinajstić information content (AvgIpc) is 2.43. The number of fused-ring (bicyclic) bond motifs is 1. The third kappa shape index (κ3) is 3.26. The van der Waals surface area contributed by atoms with Crippen LogP contribution in [0.1, 0.15) is 17.3 Å². The maximum Gasteiger partial charge on any atom is 0.349 e. The summed E-state index contributed by atoms with van der Waals surface area (Å²) in [6.45, 7) is 1.24. The summed E-state index contributed by atoms with van der Waals surface area (Å²) in [6.07, 6.45) is 0. The maximum absolute atomic E-state index is 11.9. The molecule has 110 valence electrons. The van der Waals surface area contributed by atoms with Gasteiger partial charge < -0.3 is 20.6 Å². The lowest BCUT2D eigenvalue weighted by Crippen LogP contribution is -2.42. The van der Waals surface area contributed by atoms with Crippen LogP contribution in [-0.2, 0) is 4.79 Å². The van der Waals surface area contributed by atoms with E-state index in [9.17, 15) is 19.5 Å². The average molecular weight is 290 g/mol. The number of nitrogens with one attached hydrogen (secondary N) is 1. The van der Waals surface area contributed by atoms with Crippen molar-refractivity contribution in [3.63, 3.8) is 0 Å². The van der Waals surface area contributed by atoms with E-state index in [-0.39, 0.29) is 29.2 Å². The molecule has 0 fully saturated rings. The van der Waals surface area contributed by atoms with Crippen molar-refractivity contribution in [2.75, 3.05) is 6.54 Å². The molecule has 0 aliphatic carbocycles. The van der Waals surface area contributed by atoms with Crippen LogP contribution in [0.25, 0.3) is 11.0 Å². The predicted octanol–water partition coefficient (Wildman–Crippen LogP) is 0.145. The molecule has 1 aromatic heterocycles. The smallest absolute Gasteiger partial charge is 0.349 e. The fourth-order valence-corrected chi connectivity index (χ4v) is 1.70. The largest absolute Gasteiger partial charge is 0.508 e. The van der Waals surface area contributed by atoms with Gasteiger partial charge in [-0.1, -0.05) is 0 Å². The zero-order chi connectivity index (χ0) is 15.6. The summed E-state index contributed by atoms with van der Waals surface area (Å²) >= 11 is 0. The number of amides is 1. The molecule has 0 spiro atoms. The van der Waals surface area contributed by atoms with Crippen LogP contribution in [0.5, 0.6) is 5.75 Å². The van der Waals surface area contributed by atoms with E-state index in [1.165, 1.54) is 31.2 Å². The Labute approximate surface area is 119 Å². The molecule has 1 amide bonds. The normalized spacial score (nSPS) is 12.1. The topological polar surface area (TPSA) is 123 Å². The van der Waals surface area contributed by atoms with Crippen LogP contribution in [0, 0.1) is 0 Å². The molecule has 4 N–H and O–H groups in total. The van der Waals surface area contributed by atoms with Gasteiger partial charge in [0.25, 0.3) is 5.91 Å². The van der Waals surface area contributed by atoms with Gasteiger partial charge in [-0.2, -0.15) is 0 Å². The van der Waals surface area contributed by atoms with Crippen molar-refractivity contribution in [2.45, 2.75) is 13.0 Å². The van der Waals surface area contributed by atoms with Crippen molar-refractivity contribution in [2.24, 2.45) is 5.73 Å². The van der Waals surface area contributed by atoms with E-state index in [0.29, 0.717) is 5.39 Å². The van der Waals surface area contributed by atoms with Gasteiger partial charge in [0.05, 0.1) is 6.04 Å². The highest BCUT2D eigenvalue weighted by Crippen LogP contribution is 2.19. The minimum absolute atomic E-state index is 0.0460. The number of phenols is 1. The molecule has 21 heavy (non-hydrogen) atoms. The van der Waals surface area contributed by atoms with Gasteiger partial charge in [-0.15, -0.1) is 0 Å². The minimum Gasteiger partial charge on any atom is -0.508 e. The van der Waals surface area contributed by atoms with Gasteiger partial charge >= 0.3 is 5.63 Å². The molecule has 0 unspecified atom stereocenters. The number of Topliss-reactive ketones (excluding diaryl/α,β-unsaturated/α-hetero) is 1. The van der Waals surface area contributed by atoms with Crippen LogP contribution in [0.2, 0.25) is 0 Å². The Balaban J connectivity index is 2.27. The highest BCUT2D eigenvalue weighted by Gasteiger charge is 2.16. The van der Waals surface area contributed by atoms with Crippen molar-refractivity contribution in [3.05, 3.63) is 40.2 Å². The number of hydrogen-bond donors (Lipinski definition) is 3. The molecule has 1 atom stereocenters. The first-order chi connectivity index (χ1) is 9.88. The standard InChI is InChI=1S/C14H14N2O5/c1-7(17)11(15)6-16-13(19)10-4-8-2-3-9(18)5-12(8)21-14(10)20/h2-5,11,18H,6,15H2,1H3,(H,16,19)/t11-/m0/s1. The summed E-state index contributed by atoms with van der Waals surface area (Å²) in [5, 5.41) is 12.2. The molecule has 7 heteroatoms. The lowest BCUT2D eigenvalue weighted by Gasteiger charge is -2.09. The van der Waals surface area contributed by atoms with Crippen molar-refractivity contribution in [3.8, 4) is 5.75 Å². The number of nitrogens with two attached hydrogens (primary N) is 1. The summed E-state index contributed by atoms with van der Waals surface area (Å²) in [4.78, 5) is 34.7. The van der Waals surface area contributed by atoms with Crippen LogP contribution < -0.4 is 16.7 Å². The van der Waals surface area contributed by atoms with Crippen molar-refractivity contribution in [1.29, 1.82) is 0 Å². The molecule has 1 heterocycles. The third-order valence-corrected chi connectivity index (χ3v) is 2.97. The Bertz CT molecular complexity index is 766. The van der Waals surface area contributed by atoms with E-state index >= 15 is 0 Å². The third-order valence-electron chi connectivity index (χ3n) is 2.97. The first kappa shape index (κ1) is 14.7. The number of ketones is 1. The Kier molecular flexibility index (Phi) is 4.04. The number of aromatic hydroxyl groups is 1. The second-order valence-electron chi connectivity index (χ2n) is 4.60. The van der Waals surface area contributed by atoms with Crippen molar-refractivity contribution < 1.29 is 19.1 Å². The van der Waals surface area contributed by atoms with Gasteiger partial charge in [0.1, 0.15) is 22.7 Å². The van der Waals surface area contributed by atoms with Crippen LogP contribution >= 0.6 is 0 Å². The van der Waals surface area contributed by atoms with Gasteiger partial charge in [-0.3, -0.25) is 9.59 Å². The molecule has 0 bridgehead atoms. The monoisotopic (exact) mass is 290 g/mol. The predicted molar refractivity (Wildman–Crippen MR) is 75.1 cm³/mol. The SMILES string of the molecule is CC(=O)[C@@H](N)CNC(=O)c1cc2ccc(O)cc2oc1=O. The van der Waals surface area contributed by atoms with Gasteiger partial charge in [-0.05, 0) is 25.1 Å². The molecule has 0 aliphatic rings. The zero-order valence-electron chi connectivity index (χ0n) is 11.3. The second kappa shape index (κ2) is 5.76. The first-order valence-electron chi connectivity index (χ1n) is 6.19. The Morgan fingerprint density at radius 2 is 2.10 bits per heavy atom. The highest BCUT2D eigenvalue weighted by molar-refractivity contribution is 5.97.